The number of hydrogen-bond donors (Lipinski definition) is 3. The summed E-state index contributed by atoms with van der Waals surface area (Å²) < 4.78 is 8.34. The van der Waals surface area contributed by atoms with Crippen LogP contribution in [0.4, 0.5) is 5.69 Å². The maximum Gasteiger partial charge on any atom is 0.414 e. The van der Waals surface area contributed by atoms with Gasteiger partial charge in [0.1, 0.15) is 18.2 Å². The molecule has 3 aromatic carbocycles. The largest absolute Gasteiger partial charge is 0.486 e. The van der Waals surface area contributed by atoms with E-state index in [2.05, 4.69) is 33.0 Å². The number of anilines is 1. The van der Waals surface area contributed by atoms with E-state index in [1.54, 1.807) is 6.07 Å². The van der Waals surface area contributed by atoms with Gasteiger partial charge >= 0.3 is 11.9 Å². The lowest BCUT2D eigenvalue weighted by atomic mass is 9.96. The first-order valence-corrected chi connectivity index (χ1v) is 13.9. The van der Waals surface area contributed by atoms with Crippen molar-refractivity contribution >= 4 is 46.2 Å². The minimum atomic E-state index is -1.82. The van der Waals surface area contributed by atoms with Crippen LogP contribution in [0.3, 0.4) is 0 Å². The van der Waals surface area contributed by atoms with Crippen LogP contribution in [0.1, 0.15) is 24.2 Å². The van der Waals surface area contributed by atoms with Crippen LogP contribution in [0.25, 0.3) is 11.0 Å². The molecule has 11 heteroatoms. The fourth-order valence-corrected chi connectivity index (χ4v) is 4.94. The molecule has 42 heavy (non-hydrogen) atoms. The van der Waals surface area contributed by atoms with Crippen molar-refractivity contribution in [2.24, 2.45) is 5.92 Å². The van der Waals surface area contributed by atoms with Crippen LogP contribution < -0.4 is 10.1 Å². The van der Waals surface area contributed by atoms with Crippen LogP contribution in [0.5, 0.6) is 5.75 Å². The van der Waals surface area contributed by atoms with E-state index in [1.807, 2.05) is 55.5 Å². The van der Waals surface area contributed by atoms with Crippen molar-refractivity contribution in [2.45, 2.75) is 32.9 Å². The fourth-order valence-electron chi connectivity index (χ4n) is 4.76. The van der Waals surface area contributed by atoms with Crippen molar-refractivity contribution < 1.29 is 29.3 Å². The number of amides is 1. The van der Waals surface area contributed by atoms with Gasteiger partial charge in [-0.15, -0.1) is 0 Å². The SMILES string of the molecule is Cc1ccc(NC(=O)CN2CCC(Cn3c(COc4ccccc4)nc4ccccc43)CC2)cc1Cl.O=C(O)C(=O)O. The average Bonchev–Trinajstić information content (AvgIpc) is 3.32. The summed E-state index contributed by atoms with van der Waals surface area (Å²) in [6.07, 6.45) is 2.07. The first-order chi connectivity index (χ1) is 20.2. The number of aromatic nitrogens is 2. The number of aliphatic carboxylic acids is 2. The Morgan fingerprint density at radius 3 is 2.31 bits per heavy atom. The van der Waals surface area contributed by atoms with Gasteiger partial charge in [0.2, 0.25) is 5.91 Å². The van der Waals surface area contributed by atoms with Gasteiger partial charge in [-0.25, -0.2) is 14.6 Å². The molecular formula is C31H33ClN4O6. The zero-order chi connectivity index (χ0) is 30.1. The van der Waals surface area contributed by atoms with Gasteiger partial charge in [-0.05, 0) is 80.7 Å². The number of carbonyl (C=O) groups is 3. The average molecular weight is 593 g/mol. The van der Waals surface area contributed by atoms with Crippen molar-refractivity contribution in [3.8, 4) is 5.75 Å². The molecule has 0 atom stereocenters. The Hall–Kier alpha value is -4.41. The number of likely N-dealkylation sites (tertiary alicyclic amines) is 1. The van der Waals surface area contributed by atoms with Crippen molar-refractivity contribution in [1.82, 2.24) is 14.5 Å². The Balaban J connectivity index is 0.000000612. The smallest absolute Gasteiger partial charge is 0.414 e. The number of aryl methyl sites for hydroxylation is 1. The zero-order valence-electron chi connectivity index (χ0n) is 23.2. The van der Waals surface area contributed by atoms with Crippen LogP contribution in [-0.2, 0) is 27.5 Å². The summed E-state index contributed by atoms with van der Waals surface area (Å²) >= 11 is 6.19. The zero-order valence-corrected chi connectivity index (χ0v) is 24.0. The van der Waals surface area contributed by atoms with Gasteiger partial charge in [0.05, 0.1) is 17.6 Å². The molecular weight excluding hydrogens is 560 g/mol. The number of fused-ring (bicyclic) bond motifs is 1. The Labute approximate surface area is 248 Å². The summed E-state index contributed by atoms with van der Waals surface area (Å²) in [6, 6.07) is 23.7. The van der Waals surface area contributed by atoms with Gasteiger partial charge in [0, 0.05) is 17.3 Å². The van der Waals surface area contributed by atoms with E-state index in [0.29, 0.717) is 24.1 Å². The van der Waals surface area contributed by atoms with Crippen LogP contribution >= 0.6 is 11.6 Å². The van der Waals surface area contributed by atoms with E-state index < -0.39 is 11.9 Å². The number of benzene rings is 3. The summed E-state index contributed by atoms with van der Waals surface area (Å²) in [4.78, 5) is 37.9. The molecule has 2 heterocycles. The second-order valence-corrected chi connectivity index (χ2v) is 10.5. The van der Waals surface area contributed by atoms with Crippen molar-refractivity contribution in [3.05, 3.63) is 89.2 Å². The van der Waals surface area contributed by atoms with Crippen LogP contribution in [0.15, 0.2) is 72.8 Å². The molecule has 1 aliphatic heterocycles. The molecule has 0 radical (unpaired) electrons. The lowest BCUT2D eigenvalue weighted by Gasteiger charge is -2.32. The highest BCUT2D eigenvalue weighted by molar-refractivity contribution is 6.31. The van der Waals surface area contributed by atoms with Gasteiger partial charge in [0.25, 0.3) is 0 Å². The minimum absolute atomic E-state index is 0.00526. The number of carboxylic acid groups (broad SMARTS) is 2. The number of nitrogens with one attached hydrogen (secondary N) is 1. The number of imidazole rings is 1. The van der Waals surface area contributed by atoms with E-state index >= 15 is 0 Å². The van der Waals surface area contributed by atoms with Crippen LogP contribution in [0.2, 0.25) is 5.02 Å². The third kappa shape index (κ3) is 8.55. The lowest BCUT2D eigenvalue weighted by molar-refractivity contribution is -0.159. The molecule has 1 saturated heterocycles. The van der Waals surface area contributed by atoms with Crippen LogP contribution in [-0.4, -0.2) is 62.1 Å². The van der Waals surface area contributed by atoms with Gasteiger partial charge in [-0.3, -0.25) is 9.69 Å². The number of piperidine rings is 1. The lowest BCUT2D eigenvalue weighted by Crippen LogP contribution is -2.40. The molecule has 10 nitrogen and oxygen atoms in total. The Morgan fingerprint density at radius 2 is 1.64 bits per heavy atom. The molecule has 3 N–H and O–H groups in total. The van der Waals surface area contributed by atoms with E-state index in [1.165, 1.54) is 0 Å². The molecule has 4 aromatic rings. The number of rotatable bonds is 8. The molecule has 0 bridgehead atoms. The molecule has 5 rings (SSSR count). The van der Waals surface area contributed by atoms with E-state index in [4.69, 9.17) is 41.1 Å². The fraction of sp³-hybridized carbons (Fsp3) is 0.290. The monoisotopic (exact) mass is 592 g/mol. The Morgan fingerprint density at radius 1 is 0.976 bits per heavy atom. The maximum absolute atomic E-state index is 12.6. The van der Waals surface area contributed by atoms with E-state index in [-0.39, 0.29) is 5.91 Å². The highest BCUT2D eigenvalue weighted by Gasteiger charge is 2.23. The minimum Gasteiger partial charge on any atom is -0.486 e. The summed E-state index contributed by atoms with van der Waals surface area (Å²) in [7, 11) is 0. The standard InChI is InChI=1S/C29H31ClN4O2.C2H2O4/c1-21-11-12-23(17-25(21)30)31-29(35)19-33-15-13-22(14-16-33)18-34-27-10-6-5-9-26(27)32-28(34)20-36-24-7-3-2-4-8-24;3-1(4)2(5)6/h2-12,17,22H,13-16,18-20H2,1H3,(H,31,35);(H,3,4)(H,5,6). The number of para-hydroxylation sites is 3. The topological polar surface area (TPSA) is 134 Å². The molecule has 0 aliphatic carbocycles. The second-order valence-electron chi connectivity index (χ2n) is 10.1. The molecule has 220 valence electrons. The third-order valence-electron chi connectivity index (χ3n) is 7.00. The van der Waals surface area contributed by atoms with Crippen molar-refractivity contribution in [3.63, 3.8) is 0 Å². The number of ether oxygens (including phenoxy) is 1. The van der Waals surface area contributed by atoms with Gasteiger partial charge in [0.15, 0.2) is 0 Å². The molecule has 0 saturated carbocycles. The summed E-state index contributed by atoms with van der Waals surface area (Å²) in [5.74, 6) is -1.35. The second kappa shape index (κ2) is 14.5. The molecule has 1 aliphatic rings. The number of halogens is 1. The summed E-state index contributed by atoms with van der Waals surface area (Å²) in [5.41, 5.74) is 3.87. The molecule has 0 unspecified atom stereocenters. The quantitative estimate of drug-likeness (QED) is 0.241. The number of hydrogen-bond acceptors (Lipinski definition) is 6. The number of carboxylic acids is 2. The Kier molecular flexibility index (Phi) is 10.5. The molecule has 1 fully saturated rings. The third-order valence-corrected chi connectivity index (χ3v) is 7.41. The van der Waals surface area contributed by atoms with Gasteiger partial charge < -0.3 is 24.8 Å². The normalized spacial score (nSPS) is 13.7. The number of nitrogens with zero attached hydrogens (tertiary/aromatic N) is 3. The van der Waals surface area contributed by atoms with Crippen LogP contribution in [0, 0.1) is 12.8 Å². The molecule has 0 spiro atoms. The Bertz CT molecular complexity index is 1520. The van der Waals surface area contributed by atoms with Gasteiger partial charge in [-0.2, -0.15) is 0 Å². The maximum atomic E-state index is 12.6. The first kappa shape index (κ1) is 30.5. The molecule has 1 amide bonds. The van der Waals surface area contributed by atoms with Crippen molar-refractivity contribution in [1.29, 1.82) is 0 Å². The summed E-state index contributed by atoms with van der Waals surface area (Å²) in [5, 5.41) is 18.4. The molecule has 1 aromatic heterocycles. The van der Waals surface area contributed by atoms with Crippen molar-refractivity contribution in [2.75, 3.05) is 25.0 Å². The number of carbonyl (C=O) groups excluding carboxylic acids is 1. The predicted molar refractivity (Wildman–Crippen MR) is 160 cm³/mol. The first-order valence-electron chi connectivity index (χ1n) is 13.6. The highest BCUT2D eigenvalue weighted by Crippen LogP contribution is 2.25. The van der Waals surface area contributed by atoms with E-state index in [0.717, 1.165) is 66.3 Å². The highest BCUT2D eigenvalue weighted by atomic mass is 35.5. The van der Waals surface area contributed by atoms with Gasteiger partial charge in [-0.1, -0.05) is 48.0 Å². The van der Waals surface area contributed by atoms with E-state index in [9.17, 15) is 4.79 Å². The summed E-state index contributed by atoms with van der Waals surface area (Å²) in [6.45, 7) is 5.47. The predicted octanol–water partition coefficient (Wildman–Crippen LogP) is 5.08.